The van der Waals surface area contributed by atoms with Gasteiger partial charge in [-0.15, -0.1) is 0 Å². The smallest absolute Gasteiger partial charge is 0.341 e. The molecular formula is C41H40O16. The van der Waals surface area contributed by atoms with Gasteiger partial charge in [0.1, 0.15) is 56.5 Å². The van der Waals surface area contributed by atoms with Crippen molar-refractivity contribution in [3.8, 4) is 68.6 Å². The number of methoxy groups -OCH3 is 6. The van der Waals surface area contributed by atoms with Gasteiger partial charge in [-0.25, -0.2) is 9.59 Å². The average Bonchev–Trinajstić information content (AvgIpc) is 3.20. The number of benzene rings is 4. The summed E-state index contributed by atoms with van der Waals surface area (Å²) in [5.74, 6) is 1.28. The van der Waals surface area contributed by atoms with E-state index in [1.165, 1.54) is 79.1 Å². The SMILES string of the molecule is C.COc1ccc(-c2cc(=O)c3c(OC)cc(OCC(=O)O)cc3o2)cc1OC.COc1ccc(-c2cc(=O)c3c(OC)cc(OCC(=O)O)cc3o2)cc1OC. The molecule has 2 N–H and O–H groups in total. The molecule has 0 atom stereocenters. The highest BCUT2D eigenvalue weighted by Crippen LogP contribution is 2.37. The van der Waals surface area contributed by atoms with Crippen molar-refractivity contribution >= 4 is 33.9 Å². The zero-order valence-electron chi connectivity index (χ0n) is 31.0. The molecule has 0 aliphatic carbocycles. The molecule has 2 heterocycles. The van der Waals surface area contributed by atoms with Crippen LogP contribution < -0.4 is 48.8 Å². The highest BCUT2D eigenvalue weighted by molar-refractivity contribution is 5.88. The molecule has 6 aromatic rings. The van der Waals surface area contributed by atoms with Crippen LogP contribution in [-0.2, 0) is 9.59 Å². The molecule has 0 spiro atoms. The van der Waals surface area contributed by atoms with Crippen molar-refractivity contribution in [1.29, 1.82) is 0 Å². The molecule has 57 heavy (non-hydrogen) atoms. The summed E-state index contributed by atoms with van der Waals surface area (Å²) in [6.45, 7) is -1.07. The fourth-order valence-corrected chi connectivity index (χ4v) is 5.50. The van der Waals surface area contributed by atoms with Crippen molar-refractivity contribution in [3.63, 3.8) is 0 Å². The lowest BCUT2D eigenvalue weighted by Crippen LogP contribution is -2.10. The monoisotopic (exact) mass is 788 g/mol. The maximum atomic E-state index is 12.7. The summed E-state index contributed by atoms with van der Waals surface area (Å²) in [6, 6.07) is 18.7. The molecule has 6 rings (SSSR count). The third-order valence-electron chi connectivity index (χ3n) is 8.04. The minimum atomic E-state index is -1.13. The van der Waals surface area contributed by atoms with E-state index in [-0.39, 0.29) is 63.2 Å². The first-order valence-electron chi connectivity index (χ1n) is 16.4. The number of carboxylic acid groups (broad SMARTS) is 2. The molecule has 0 aliphatic heterocycles. The predicted molar refractivity (Wildman–Crippen MR) is 208 cm³/mol. The van der Waals surface area contributed by atoms with Crippen LogP contribution in [0.3, 0.4) is 0 Å². The van der Waals surface area contributed by atoms with Crippen LogP contribution in [0.25, 0.3) is 44.6 Å². The Labute approximate surface area is 325 Å². The van der Waals surface area contributed by atoms with Crippen LogP contribution in [0.15, 0.2) is 91.2 Å². The average molecular weight is 789 g/mol. The highest BCUT2D eigenvalue weighted by atomic mass is 16.5. The molecule has 300 valence electrons. The lowest BCUT2D eigenvalue weighted by Gasteiger charge is -2.11. The first-order chi connectivity index (χ1) is 26.9. The fraction of sp³-hybridized carbons (Fsp3) is 0.220. The Balaban J connectivity index is 0.000000248. The predicted octanol–water partition coefficient (Wildman–Crippen LogP) is 6.53. The van der Waals surface area contributed by atoms with E-state index in [4.69, 9.17) is 56.9 Å². The Morgan fingerprint density at radius 1 is 0.491 bits per heavy atom. The van der Waals surface area contributed by atoms with E-state index < -0.39 is 25.2 Å². The first-order valence-corrected chi connectivity index (χ1v) is 16.4. The Morgan fingerprint density at radius 3 is 1.16 bits per heavy atom. The molecule has 0 fully saturated rings. The van der Waals surface area contributed by atoms with Gasteiger partial charge in [-0.1, -0.05) is 7.43 Å². The number of rotatable bonds is 14. The Bertz CT molecular complexity index is 2340. The van der Waals surface area contributed by atoms with Crippen LogP contribution >= 0.6 is 0 Å². The van der Waals surface area contributed by atoms with Gasteiger partial charge in [0.15, 0.2) is 47.1 Å². The van der Waals surface area contributed by atoms with Crippen molar-refractivity contribution in [2.24, 2.45) is 0 Å². The molecule has 0 saturated heterocycles. The molecule has 0 bridgehead atoms. The first kappa shape index (κ1) is 42.4. The molecule has 0 saturated carbocycles. The lowest BCUT2D eigenvalue weighted by molar-refractivity contribution is -0.140. The summed E-state index contributed by atoms with van der Waals surface area (Å²) < 4.78 is 53.6. The van der Waals surface area contributed by atoms with Gasteiger partial charge < -0.3 is 56.9 Å². The van der Waals surface area contributed by atoms with E-state index in [2.05, 4.69) is 0 Å². The second kappa shape index (κ2) is 18.8. The number of carboxylic acids is 2. The summed E-state index contributed by atoms with van der Waals surface area (Å²) in [4.78, 5) is 46.8. The normalized spacial score (nSPS) is 10.4. The van der Waals surface area contributed by atoms with Crippen molar-refractivity contribution in [1.82, 2.24) is 0 Å². The quantitative estimate of drug-likeness (QED) is 0.120. The standard InChI is InChI=1S/2C20H18O8.CH4/c2*1-24-14-5-4-11(6-16(14)25-2)15-9-13(21)20-17(26-3)7-12(8-18(20)28-15)27-10-19(22)23;/h2*4-9H,10H2,1-3H3,(H,22,23);1H4. The third-order valence-corrected chi connectivity index (χ3v) is 8.04. The molecule has 16 nitrogen and oxygen atoms in total. The maximum absolute atomic E-state index is 12.7. The van der Waals surface area contributed by atoms with E-state index in [1.54, 1.807) is 36.4 Å². The molecule has 2 aromatic heterocycles. The van der Waals surface area contributed by atoms with Gasteiger partial charge in [0.2, 0.25) is 0 Å². The van der Waals surface area contributed by atoms with E-state index in [9.17, 15) is 19.2 Å². The Morgan fingerprint density at radius 2 is 0.842 bits per heavy atom. The van der Waals surface area contributed by atoms with Crippen molar-refractivity contribution in [3.05, 3.63) is 93.2 Å². The van der Waals surface area contributed by atoms with Gasteiger partial charge in [-0.3, -0.25) is 9.59 Å². The topological polar surface area (TPSA) is 209 Å². The van der Waals surface area contributed by atoms with Gasteiger partial charge in [0.25, 0.3) is 0 Å². The minimum Gasteiger partial charge on any atom is -0.496 e. The molecule has 0 aliphatic rings. The molecule has 4 aromatic carbocycles. The van der Waals surface area contributed by atoms with Crippen LogP contribution in [0.5, 0.6) is 46.0 Å². The molecule has 0 amide bonds. The van der Waals surface area contributed by atoms with E-state index >= 15 is 0 Å². The van der Waals surface area contributed by atoms with Gasteiger partial charge >= 0.3 is 11.9 Å². The lowest BCUT2D eigenvalue weighted by atomic mass is 10.1. The van der Waals surface area contributed by atoms with Gasteiger partial charge in [0.05, 0.1) is 42.7 Å². The van der Waals surface area contributed by atoms with Crippen LogP contribution in [0, 0.1) is 0 Å². The third kappa shape index (κ3) is 9.66. The second-order valence-corrected chi connectivity index (χ2v) is 11.5. The van der Waals surface area contributed by atoms with E-state index in [0.29, 0.717) is 45.6 Å². The molecule has 16 heteroatoms. The molecule has 0 unspecified atom stereocenters. The van der Waals surface area contributed by atoms with Crippen molar-refractivity contribution < 1.29 is 66.5 Å². The number of carbonyl (C=O) groups is 2. The van der Waals surface area contributed by atoms with E-state index in [0.717, 1.165) is 0 Å². The van der Waals surface area contributed by atoms with Crippen LogP contribution in [-0.4, -0.2) is 78.0 Å². The Hall–Kier alpha value is -7.36. The van der Waals surface area contributed by atoms with Crippen molar-refractivity contribution in [2.75, 3.05) is 55.9 Å². The minimum absolute atomic E-state index is 0. The summed E-state index contributed by atoms with van der Waals surface area (Å²) >= 11 is 0. The fourth-order valence-electron chi connectivity index (χ4n) is 5.50. The number of aliphatic carboxylic acids is 2. The van der Waals surface area contributed by atoms with E-state index in [1.807, 2.05) is 0 Å². The molecule has 0 radical (unpaired) electrons. The Kier molecular flexibility index (Phi) is 14.0. The highest BCUT2D eigenvalue weighted by Gasteiger charge is 2.18. The second-order valence-electron chi connectivity index (χ2n) is 11.5. The zero-order chi connectivity index (χ0) is 40.5. The summed E-state index contributed by atoms with van der Waals surface area (Å²) in [5, 5.41) is 18.0. The van der Waals surface area contributed by atoms with Gasteiger partial charge in [-0.05, 0) is 36.4 Å². The maximum Gasteiger partial charge on any atom is 0.341 e. The number of fused-ring (bicyclic) bond motifs is 2. The van der Waals surface area contributed by atoms with Gasteiger partial charge in [0, 0.05) is 47.5 Å². The number of hydrogen-bond acceptors (Lipinski definition) is 14. The zero-order valence-corrected chi connectivity index (χ0v) is 31.0. The summed E-state index contributed by atoms with van der Waals surface area (Å²) in [6.07, 6.45) is 0. The summed E-state index contributed by atoms with van der Waals surface area (Å²) in [7, 11) is 8.87. The van der Waals surface area contributed by atoms with Gasteiger partial charge in [-0.2, -0.15) is 0 Å². The van der Waals surface area contributed by atoms with Crippen LogP contribution in [0.2, 0.25) is 0 Å². The van der Waals surface area contributed by atoms with Crippen molar-refractivity contribution in [2.45, 2.75) is 7.43 Å². The molecular weight excluding hydrogens is 748 g/mol. The number of ether oxygens (including phenoxy) is 8. The largest absolute Gasteiger partial charge is 0.496 e. The van der Waals surface area contributed by atoms with Crippen LogP contribution in [0.4, 0.5) is 0 Å². The van der Waals surface area contributed by atoms with Crippen LogP contribution in [0.1, 0.15) is 7.43 Å². The number of hydrogen-bond donors (Lipinski definition) is 2. The summed E-state index contributed by atoms with van der Waals surface area (Å²) in [5.41, 5.74) is 0.995.